The van der Waals surface area contributed by atoms with E-state index in [2.05, 4.69) is 15.3 Å². The maximum atomic E-state index is 11.8. The molecule has 1 N–H and O–H groups in total. The summed E-state index contributed by atoms with van der Waals surface area (Å²) in [6, 6.07) is 1.75. The third-order valence-corrected chi connectivity index (χ3v) is 3.76. The highest BCUT2D eigenvalue weighted by Crippen LogP contribution is 2.20. The summed E-state index contributed by atoms with van der Waals surface area (Å²) in [5.41, 5.74) is 1.27. The number of likely N-dealkylation sites (tertiary alicyclic amines) is 1. The van der Waals surface area contributed by atoms with Crippen molar-refractivity contribution < 1.29 is 9.59 Å². The molecule has 0 aromatic carbocycles. The van der Waals surface area contributed by atoms with E-state index in [-0.39, 0.29) is 11.8 Å². The van der Waals surface area contributed by atoms with Crippen molar-refractivity contribution in [1.29, 1.82) is 0 Å². The highest BCUT2D eigenvalue weighted by Gasteiger charge is 2.22. The molecule has 1 aromatic heterocycles. The molecule has 6 nitrogen and oxygen atoms in total. The second kappa shape index (κ2) is 7.15. The van der Waals surface area contributed by atoms with E-state index in [1.54, 1.807) is 13.0 Å². The minimum absolute atomic E-state index is 0.130. The Balaban J connectivity index is 2.01. The maximum Gasteiger partial charge on any atom is 0.270 e. The van der Waals surface area contributed by atoms with Crippen molar-refractivity contribution in [3.05, 3.63) is 23.8 Å². The van der Waals surface area contributed by atoms with Gasteiger partial charge in [0.15, 0.2) is 0 Å². The molecule has 21 heavy (non-hydrogen) atoms. The zero-order chi connectivity index (χ0) is 15.2. The van der Waals surface area contributed by atoms with Crippen molar-refractivity contribution in [3.63, 3.8) is 0 Å². The number of nitrogens with one attached hydrogen (secondary N) is 1. The standard InChI is InChI=1S/C15H22N4O2/c1-3-16-15(21)14-8-13(17-10-18-14)7-12-5-4-6-19(9-12)11(2)20/h8,10,12H,3-7,9H2,1-2H3,(H,16,21)/t12-/m1/s1. The number of amides is 2. The molecule has 0 radical (unpaired) electrons. The second-order valence-electron chi connectivity index (χ2n) is 5.43. The first kappa shape index (κ1) is 15.4. The third-order valence-electron chi connectivity index (χ3n) is 3.76. The number of aromatic nitrogens is 2. The van der Waals surface area contributed by atoms with E-state index >= 15 is 0 Å². The van der Waals surface area contributed by atoms with Gasteiger partial charge < -0.3 is 10.2 Å². The average Bonchev–Trinajstić information content (AvgIpc) is 2.48. The van der Waals surface area contributed by atoms with E-state index in [1.807, 2.05) is 11.8 Å². The van der Waals surface area contributed by atoms with Crippen LogP contribution >= 0.6 is 0 Å². The molecule has 1 aliphatic heterocycles. The molecule has 1 atom stereocenters. The Morgan fingerprint density at radius 3 is 2.95 bits per heavy atom. The minimum atomic E-state index is -0.171. The van der Waals surface area contributed by atoms with Gasteiger partial charge in [-0.15, -0.1) is 0 Å². The van der Waals surface area contributed by atoms with Crippen LogP contribution in [0.5, 0.6) is 0 Å². The molecule has 0 bridgehead atoms. The Labute approximate surface area is 125 Å². The van der Waals surface area contributed by atoms with Crippen LogP contribution in [0.25, 0.3) is 0 Å². The zero-order valence-corrected chi connectivity index (χ0v) is 12.6. The molecule has 6 heteroatoms. The molecule has 0 unspecified atom stereocenters. The first-order chi connectivity index (χ1) is 10.1. The Hall–Kier alpha value is -1.98. The van der Waals surface area contributed by atoms with Gasteiger partial charge >= 0.3 is 0 Å². The third kappa shape index (κ3) is 4.24. The van der Waals surface area contributed by atoms with Gasteiger partial charge in [0.25, 0.3) is 5.91 Å². The molecular formula is C15H22N4O2. The van der Waals surface area contributed by atoms with Gasteiger partial charge in [-0.05, 0) is 38.2 Å². The van der Waals surface area contributed by atoms with Crippen LogP contribution < -0.4 is 5.32 Å². The fraction of sp³-hybridized carbons (Fsp3) is 0.600. The minimum Gasteiger partial charge on any atom is -0.351 e. The Bertz CT molecular complexity index is 518. The molecule has 1 aliphatic rings. The number of hydrogen-bond acceptors (Lipinski definition) is 4. The first-order valence-electron chi connectivity index (χ1n) is 7.44. The van der Waals surface area contributed by atoms with E-state index in [9.17, 15) is 9.59 Å². The molecule has 2 amide bonds. The van der Waals surface area contributed by atoms with Crippen LogP contribution in [0, 0.1) is 5.92 Å². The summed E-state index contributed by atoms with van der Waals surface area (Å²) in [4.78, 5) is 33.4. The van der Waals surface area contributed by atoms with Crippen molar-refractivity contribution in [1.82, 2.24) is 20.2 Å². The van der Waals surface area contributed by atoms with E-state index in [1.165, 1.54) is 6.33 Å². The predicted molar refractivity (Wildman–Crippen MR) is 78.7 cm³/mol. The highest BCUT2D eigenvalue weighted by molar-refractivity contribution is 5.92. The van der Waals surface area contributed by atoms with Crippen LogP contribution in [0.2, 0.25) is 0 Å². The summed E-state index contributed by atoms with van der Waals surface area (Å²) < 4.78 is 0. The lowest BCUT2D eigenvalue weighted by atomic mass is 9.93. The number of nitrogens with zero attached hydrogens (tertiary/aromatic N) is 3. The van der Waals surface area contributed by atoms with Gasteiger partial charge in [-0.3, -0.25) is 9.59 Å². The SMILES string of the molecule is CCNC(=O)c1cc(C[C@H]2CCCN(C(C)=O)C2)ncn1. The molecule has 0 spiro atoms. The predicted octanol–water partition coefficient (Wildman–Crippen LogP) is 1.03. The summed E-state index contributed by atoms with van der Waals surface area (Å²) in [7, 11) is 0. The number of piperidine rings is 1. The lowest BCUT2D eigenvalue weighted by molar-refractivity contribution is -0.130. The summed E-state index contributed by atoms with van der Waals surface area (Å²) in [5, 5.41) is 2.73. The maximum absolute atomic E-state index is 11.8. The van der Waals surface area contributed by atoms with Crippen LogP contribution in [0.1, 0.15) is 42.9 Å². The highest BCUT2D eigenvalue weighted by atomic mass is 16.2. The summed E-state index contributed by atoms with van der Waals surface area (Å²) >= 11 is 0. The number of hydrogen-bond donors (Lipinski definition) is 1. The Kier molecular flexibility index (Phi) is 5.25. The molecule has 1 fully saturated rings. The van der Waals surface area contributed by atoms with Crippen LogP contribution in [0.4, 0.5) is 0 Å². The van der Waals surface area contributed by atoms with Gasteiger partial charge in [-0.2, -0.15) is 0 Å². The smallest absolute Gasteiger partial charge is 0.270 e. The fourth-order valence-corrected chi connectivity index (χ4v) is 2.70. The Morgan fingerprint density at radius 2 is 2.24 bits per heavy atom. The topological polar surface area (TPSA) is 75.2 Å². The summed E-state index contributed by atoms with van der Waals surface area (Å²) in [6.45, 7) is 5.68. The molecule has 1 saturated heterocycles. The average molecular weight is 290 g/mol. The van der Waals surface area contributed by atoms with E-state index in [0.717, 1.165) is 38.0 Å². The lowest BCUT2D eigenvalue weighted by Gasteiger charge is -2.31. The van der Waals surface area contributed by atoms with Crippen molar-refractivity contribution in [3.8, 4) is 0 Å². The van der Waals surface area contributed by atoms with Crippen LogP contribution in [-0.2, 0) is 11.2 Å². The number of carbonyl (C=O) groups is 2. The van der Waals surface area contributed by atoms with Crippen LogP contribution in [-0.4, -0.2) is 46.3 Å². The van der Waals surface area contributed by atoms with E-state index in [0.29, 0.717) is 18.2 Å². The van der Waals surface area contributed by atoms with Crippen molar-refractivity contribution in [2.24, 2.45) is 5.92 Å². The van der Waals surface area contributed by atoms with Gasteiger partial charge in [0.1, 0.15) is 12.0 Å². The molecule has 1 aromatic rings. The number of rotatable bonds is 4. The molecule has 0 aliphatic carbocycles. The molecular weight excluding hydrogens is 268 g/mol. The fourth-order valence-electron chi connectivity index (χ4n) is 2.70. The lowest BCUT2D eigenvalue weighted by Crippen LogP contribution is -2.39. The molecule has 2 heterocycles. The van der Waals surface area contributed by atoms with Gasteiger partial charge in [-0.1, -0.05) is 0 Å². The van der Waals surface area contributed by atoms with Crippen molar-refractivity contribution in [2.45, 2.75) is 33.1 Å². The second-order valence-corrected chi connectivity index (χ2v) is 5.43. The zero-order valence-electron chi connectivity index (χ0n) is 12.6. The van der Waals surface area contributed by atoms with Crippen LogP contribution in [0.15, 0.2) is 12.4 Å². The van der Waals surface area contributed by atoms with Gasteiger partial charge in [0, 0.05) is 32.3 Å². The van der Waals surface area contributed by atoms with Gasteiger partial charge in [0.05, 0.1) is 0 Å². The first-order valence-corrected chi connectivity index (χ1v) is 7.44. The number of carbonyl (C=O) groups excluding carboxylic acids is 2. The molecule has 2 rings (SSSR count). The largest absolute Gasteiger partial charge is 0.351 e. The summed E-state index contributed by atoms with van der Waals surface area (Å²) in [6.07, 6.45) is 4.33. The van der Waals surface area contributed by atoms with Crippen LogP contribution in [0.3, 0.4) is 0 Å². The quantitative estimate of drug-likeness (QED) is 0.898. The van der Waals surface area contributed by atoms with Crippen molar-refractivity contribution in [2.75, 3.05) is 19.6 Å². The van der Waals surface area contributed by atoms with E-state index < -0.39 is 0 Å². The monoisotopic (exact) mass is 290 g/mol. The molecule has 114 valence electrons. The molecule has 0 saturated carbocycles. The Morgan fingerprint density at radius 1 is 1.43 bits per heavy atom. The normalized spacial score (nSPS) is 18.4. The van der Waals surface area contributed by atoms with Crippen molar-refractivity contribution >= 4 is 11.8 Å². The van der Waals surface area contributed by atoms with Gasteiger partial charge in [0.2, 0.25) is 5.91 Å². The van der Waals surface area contributed by atoms with Gasteiger partial charge in [-0.25, -0.2) is 9.97 Å². The van der Waals surface area contributed by atoms with E-state index in [4.69, 9.17) is 0 Å². The summed E-state index contributed by atoms with van der Waals surface area (Å²) in [5.74, 6) is 0.361.